The molecule has 21 heavy (non-hydrogen) atoms. The molecule has 114 valence electrons. The molecule has 2 rings (SSSR count). The number of methoxy groups -OCH3 is 1. The van der Waals surface area contributed by atoms with E-state index < -0.39 is 0 Å². The zero-order chi connectivity index (χ0) is 15.4. The Morgan fingerprint density at radius 2 is 2.10 bits per heavy atom. The van der Waals surface area contributed by atoms with Gasteiger partial charge in [0.2, 0.25) is 0 Å². The molecule has 1 unspecified atom stereocenters. The van der Waals surface area contributed by atoms with Gasteiger partial charge in [-0.05, 0) is 53.5 Å². The van der Waals surface area contributed by atoms with Crippen LogP contribution in [0.2, 0.25) is 0 Å². The lowest BCUT2D eigenvalue weighted by molar-refractivity contribution is 0.410. The Morgan fingerprint density at radius 1 is 1.33 bits per heavy atom. The lowest BCUT2D eigenvalue weighted by Crippen LogP contribution is -2.24. The molecule has 1 heterocycles. The first-order chi connectivity index (χ1) is 10.1. The topological polar surface area (TPSA) is 21.3 Å². The van der Waals surface area contributed by atoms with Gasteiger partial charge in [-0.2, -0.15) is 0 Å². The van der Waals surface area contributed by atoms with Crippen LogP contribution < -0.4 is 10.1 Å². The van der Waals surface area contributed by atoms with E-state index in [1.165, 1.54) is 10.9 Å². The largest absolute Gasteiger partial charge is 0.497 e. The first-order valence-electron chi connectivity index (χ1n) is 6.89. The SMILES string of the molecule is CCCNC(c1ccc(OC)cc1F)c1cc(Br)sc1C. The number of halogens is 2. The molecule has 1 N–H and O–H groups in total. The van der Waals surface area contributed by atoms with Crippen LogP contribution >= 0.6 is 27.3 Å². The molecule has 1 atom stereocenters. The van der Waals surface area contributed by atoms with E-state index in [1.807, 2.05) is 0 Å². The second-order valence-corrected chi connectivity index (χ2v) is 7.47. The summed E-state index contributed by atoms with van der Waals surface area (Å²) in [6.45, 7) is 5.00. The second-order valence-electron chi connectivity index (χ2n) is 4.84. The van der Waals surface area contributed by atoms with E-state index in [0.717, 1.165) is 22.3 Å². The Labute approximate surface area is 137 Å². The van der Waals surface area contributed by atoms with E-state index in [1.54, 1.807) is 30.6 Å². The zero-order valence-electron chi connectivity index (χ0n) is 12.4. The van der Waals surface area contributed by atoms with Crippen molar-refractivity contribution < 1.29 is 9.13 Å². The fraction of sp³-hybridized carbons (Fsp3) is 0.375. The first-order valence-corrected chi connectivity index (χ1v) is 8.50. The van der Waals surface area contributed by atoms with Crippen LogP contribution in [0.4, 0.5) is 4.39 Å². The molecule has 0 amide bonds. The van der Waals surface area contributed by atoms with Gasteiger partial charge in [0.25, 0.3) is 0 Å². The van der Waals surface area contributed by atoms with Gasteiger partial charge in [-0.1, -0.05) is 13.0 Å². The number of ether oxygens (including phenoxy) is 1. The Morgan fingerprint density at radius 3 is 2.62 bits per heavy atom. The standard InChI is InChI=1S/C16H19BrFNOS/c1-4-7-19-16(13-9-15(17)21-10(13)2)12-6-5-11(20-3)8-14(12)18/h5-6,8-9,16,19H,4,7H2,1-3H3. The predicted molar refractivity (Wildman–Crippen MR) is 89.8 cm³/mol. The maximum Gasteiger partial charge on any atom is 0.132 e. The van der Waals surface area contributed by atoms with E-state index in [2.05, 4.69) is 41.2 Å². The Bertz CT molecular complexity index is 614. The van der Waals surface area contributed by atoms with Crippen molar-refractivity contribution in [2.45, 2.75) is 26.3 Å². The van der Waals surface area contributed by atoms with Crippen molar-refractivity contribution in [3.8, 4) is 5.75 Å². The van der Waals surface area contributed by atoms with E-state index >= 15 is 0 Å². The number of rotatable bonds is 6. The third kappa shape index (κ3) is 3.84. The normalized spacial score (nSPS) is 12.4. The van der Waals surface area contributed by atoms with Crippen molar-refractivity contribution in [1.82, 2.24) is 5.32 Å². The van der Waals surface area contributed by atoms with Crippen molar-refractivity contribution in [3.63, 3.8) is 0 Å². The van der Waals surface area contributed by atoms with Gasteiger partial charge in [0.1, 0.15) is 11.6 Å². The van der Waals surface area contributed by atoms with Gasteiger partial charge in [-0.15, -0.1) is 11.3 Å². The number of hydrogen-bond acceptors (Lipinski definition) is 3. The smallest absolute Gasteiger partial charge is 0.132 e. The van der Waals surface area contributed by atoms with Crippen LogP contribution in [0.15, 0.2) is 28.1 Å². The Balaban J connectivity index is 2.42. The minimum Gasteiger partial charge on any atom is -0.497 e. The quantitative estimate of drug-likeness (QED) is 0.766. The molecule has 0 radical (unpaired) electrons. The second kappa shape index (κ2) is 7.38. The van der Waals surface area contributed by atoms with Crippen LogP contribution in [0.3, 0.4) is 0 Å². The molecular formula is C16H19BrFNOS. The van der Waals surface area contributed by atoms with Crippen LogP contribution in [-0.2, 0) is 0 Å². The summed E-state index contributed by atoms with van der Waals surface area (Å²) < 4.78 is 20.6. The highest BCUT2D eigenvalue weighted by Crippen LogP contribution is 2.35. The van der Waals surface area contributed by atoms with E-state index in [9.17, 15) is 4.39 Å². The van der Waals surface area contributed by atoms with Gasteiger partial charge in [0, 0.05) is 16.5 Å². The van der Waals surface area contributed by atoms with Crippen molar-refractivity contribution in [3.05, 3.63) is 49.9 Å². The van der Waals surface area contributed by atoms with Crippen LogP contribution in [0.5, 0.6) is 5.75 Å². The van der Waals surface area contributed by atoms with Crippen LogP contribution in [0.25, 0.3) is 0 Å². The lowest BCUT2D eigenvalue weighted by Gasteiger charge is -2.20. The number of aryl methyl sites for hydroxylation is 1. The molecule has 1 aromatic carbocycles. The van der Waals surface area contributed by atoms with E-state index in [0.29, 0.717) is 11.3 Å². The summed E-state index contributed by atoms with van der Waals surface area (Å²) in [6, 6.07) is 6.96. The summed E-state index contributed by atoms with van der Waals surface area (Å²) in [5, 5.41) is 3.44. The van der Waals surface area contributed by atoms with Crippen molar-refractivity contribution in [2.24, 2.45) is 0 Å². The minimum atomic E-state index is -0.246. The summed E-state index contributed by atoms with van der Waals surface area (Å²) in [5.74, 6) is 0.290. The Kier molecular flexibility index (Phi) is 5.79. The summed E-state index contributed by atoms with van der Waals surface area (Å²) >= 11 is 5.18. The van der Waals surface area contributed by atoms with Crippen molar-refractivity contribution in [1.29, 1.82) is 0 Å². The van der Waals surface area contributed by atoms with Crippen molar-refractivity contribution in [2.75, 3.05) is 13.7 Å². The van der Waals surface area contributed by atoms with Gasteiger partial charge in [0.05, 0.1) is 16.9 Å². The summed E-state index contributed by atoms with van der Waals surface area (Å²) in [5.41, 5.74) is 1.77. The highest BCUT2D eigenvalue weighted by molar-refractivity contribution is 9.11. The third-order valence-corrected chi connectivity index (χ3v) is 4.92. The summed E-state index contributed by atoms with van der Waals surface area (Å²) in [6.07, 6.45) is 0.999. The molecule has 5 heteroatoms. The fourth-order valence-corrected chi connectivity index (χ4v) is 4.04. The molecule has 0 spiro atoms. The van der Waals surface area contributed by atoms with Crippen LogP contribution in [0.1, 0.15) is 35.4 Å². The molecule has 0 saturated heterocycles. The van der Waals surface area contributed by atoms with Gasteiger partial charge >= 0.3 is 0 Å². The number of benzene rings is 1. The van der Waals surface area contributed by atoms with Crippen molar-refractivity contribution >= 4 is 27.3 Å². The fourth-order valence-electron chi connectivity index (χ4n) is 2.29. The molecule has 0 aliphatic rings. The molecule has 0 fully saturated rings. The summed E-state index contributed by atoms with van der Waals surface area (Å²) in [7, 11) is 1.54. The van der Waals surface area contributed by atoms with Crippen LogP contribution in [0, 0.1) is 12.7 Å². The molecule has 1 aromatic heterocycles. The van der Waals surface area contributed by atoms with Gasteiger partial charge < -0.3 is 10.1 Å². The van der Waals surface area contributed by atoms with E-state index in [-0.39, 0.29) is 11.9 Å². The van der Waals surface area contributed by atoms with Crippen LogP contribution in [-0.4, -0.2) is 13.7 Å². The molecule has 2 aromatic rings. The Hall–Kier alpha value is -0.910. The number of hydrogen-bond donors (Lipinski definition) is 1. The maximum absolute atomic E-state index is 14.4. The third-order valence-electron chi connectivity index (χ3n) is 3.35. The summed E-state index contributed by atoms with van der Waals surface area (Å²) in [4.78, 5) is 1.19. The maximum atomic E-state index is 14.4. The average Bonchev–Trinajstić information content (AvgIpc) is 2.79. The number of nitrogens with one attached hydrogen (secondary N) is 1. The monoisotopic (exact) mass is 371 g/mol. The molecule has 0 aliphatic heterocycles. The molecule has 0 aliphatic carbocycles. The van der Waals surface area contributed by atoms with Gasteiger partial charge in [-0.3, -0.25) is 0 Å². The van der Waals surface area contributed by atoms with E-state index in [4.69, 9.17) is 4.74 Å². The minimum absolute atomic E-state index is 0.140. The molecular weight excluding hydrogens is 353 g/mol. The number of thiophene rings is 1. The highest BCUT2D eigenvalue weighted by atomic mass is 79.9. The van der Waals surface area contributed by atoms with Gasteiger partial charge in [-0.25, -0.2) is 4.39 Å². The zero-order valence-corrected chi connectivity index (χ0v) is 14.8. The van der Waals surface area contributed by atoms with Gasteiger partial charge in [0.15, 0.2) is 0 Å². The average molecular weight is 372 g/mol. The lowest BCUT2D eigenvalue weighted by atomic mass is 9.98. The first kappa shape index (κ1) is 16.5. The highest BCUT2D eigenvalue weighted by Gasteiger charge is 2.21. The molecule has 2 nitrogen and oxygen atoms in total. The molecule has 0 saturated carbocycles. The predicted octanol–water partition coefficient (Wildman–Crippen LogP) is 5.06. The molecule has 0 bridgehead atoms.